The molecule has 3 N–H and O–H groups in total. The van der Waals surface area contributed by atoms with Gasteiger partial charge in [-0.25, -0.2) is 0 Å². The van der Waals surface area contributed by atoms with Crippen LogP contribution in [0, 0.1) is 5.92 Å². The standard InChI is InChI=1S/C17H34N4O2.HI/c1-2-18-17(19-8-11-21-9-4-3-5-10-21)20-12-16(22)14-23-13-15-6-7-15;/h15-16,22H,2-14H2,1H3,(H2,18,19,20);1H. The second-order valence-corrected chi connectivity index (χ2v) is 6.68. The van der Waals surface area contributed by atoms with E-state index in [1.807, 2.05) is 0 Å². The topological polar surface area (TPSA) is 69.1 Å². The highest BCUT2D eigenvalue weighted by molar-refractivity contribution is 14.0. The summed E-state index contributed by atoms with van der Waals surface area (Å²) in [6.07, 6.45) is 6.04. The van der Waals surface area contributed by atoms with Gasteiger partial charge >= 0.3 is 0 Å². The predicted molar refractivity (Wildman–Crippen MR) is 109 cm³/mol. The van der Waals surface area contributed by atoms with Crippen LogP contribution in [0.5, 0.6) is 0 Å². The molecule has 1 saturated carbocycles. The van der Waals surface area contributed by atoms with E-state index in [4.69, 9.17) is 4.74 Å². The Labute approximate surface area is 163 Å². The zero-order valence-electron chi connectivity index (χ0n) is 15.0. The van der Waals surface area contributed by atoms with Gasteiger partial charge in [-0.1, -0.05) is 6.42 Å². The van der Waals surface area contributed by atoms with Crippen molar-refractivity contribution in [3.63, 3.8) is 0 Å². The highest BCUT2D eigenvalue weighted by atomic mass is 127. The lowest BCUT2D eigenvalue weighted by atomic mass is 10.1. The van der Waals surface area contributed by atoms with Crippen molar-refractivity contribution in [2.75, 3.05) is 52.5 Å². The third-order valence-corrected chi connectivity index (χ3v) is 4.33. The van der Waals surface area contributed by atoms with Crippen LogP contribution in [0.25, 0.3) is 0 Å². The lowest BCUT2D eigenvalue weighted by molar-refractivity contribution is 0.0368. The van der Waals surface area contributed by atoms with Gasteiger partial charge in [0, 0.05) is 26.2 Å². The van der Waals surface area contributed by atoms with E-state index >= 15 is 0 Å². The molecule has 2 aliphatic rings. The molecule has 1 aliphatic carbocycles. The number of hydrogen-bond donors (Lipinski definition) is 3. The highest BCUT2D eigenvalue weighted by Gasteiger charge is 2.21. The monoisotopic (exact) mass is 454 g/mol. The first-order valence-electron chi connectivity index (χ1n) is 9.28. The Bertz CT molecular complexity index is 347. The van der Waals surface area contributed by atoms with Gasteiger partial charge in [0.2, 0.25) is 0 Å². The molecule has 1 unspecified atom stereocenters. The van der Waals surface area contributed by atoms with Crippen molar-refractivity contribution < 1.29 is 9.84 Å². The molecule has 0 bridgehead atoms. The van der Waals surface area contributed by atoms with Crippen LogP contribution < -0.4 is 10.6 Å². The number of piperidine rings is 1. The van der Waals surface area contributed by atoms with Crippen LogP contribution in [0.1, 0.15) is 39.0 Å². The summed E-state index contributed by atoms with van der Waals surface area (Å²) in [5.41, 5.74) is 0. The molecule has 0 spiro atoms. The van der Waals surface area contributed by atoms with Crippen LogP contribution in [0.2, 0.25) is 0 Å². The summed E-state index contributed by atoms with van der Waals surface area (Å²) in [4.78, 5) is 6.96. The zero-order valence-corrected chi connectivity index (χ0v) is 17.3. The van der Waals surface area contributed by atoms with Gasteiger partial charge in [-0.05, 0) is 51.6 Å². The van der Waals surface area contributed by atoms with Crippen LogP contribution in [-0.4, -0.2) is 74.6 Å². The third kappa shape index (κ3) is 10.0. The molecule has 6 nitrogen and oxygen atoms in total. The van der Waals surface area contributed by atoms with Crippen molar-refractivity contribution >= 4 is 29.9 Å². The van der Waals surface area contributed by atoms with E-state index in [9.17, 15) is 5.11 Å². The summed E-state index contributed by atoms with van der Waals surface area (Å²) < 4.78 is 5.51. The number of aliphatic hydroxyl groups excluding tert-OH is 1. The molecule has 2 rings (SSSR count). The second-order valence-electron chi connectivity index (χ2n) is 6.68. The fraction of sp³-hybridized carbons (Fsp3) is 0.941. The molecular weight excluding hydrogens is 419 g/mol. The van der Waals surface area contributed by atoms with Gasteiger partial charge in [0.15, 0.2) is 5.96 Å². The van der Waals surface area contributed by atoms with Crippen molar-refractivity contribution in [2.24, 2.45) is 10.9 Å². The Balaban J connectivity index is 0.00000288. The zero-order chi connectivity index (χ0) is 16.3. The molecule has 142 valence electrons. The number of guanidine groups is 1. The van der Waals surface area contributed by atoms with E-state index in [1.165, 1.54) is 45.2 Å². The number of nitrogens with zero attached hydrogens (tertiary/aromatic N) is 2. The SMILES string of the molecule is CCNC(=NCC(O)COCC1CC1)NCCN1CCCCC1.I. The van der Waals surface area contributed by atoms with Gasteiger partial charge in [-0.3, -0.25) is 4.99 Å². The van der Waals surface area contributed by atoms with Gasteiger partial charge in [-0.15, -0.1) is 24.0 Å². The highest BCUT2D eigenvalue weighted by Crippen LogP contribution is 2.28. The molecule has 1 aliphatic heterocycles. The number of halogens is 1. The van der Waals surface area contributed by atoms with Gasteiger partial charge in [0.05, 0.1) is 19.3 Å². The minimum atomic E-state index is -0.522. The average molecular weight is 454 g/mol. The summed E-state index contributed by atoms with van der Waals surface area (Å²) in [7, 11) is 0. The summed E-state index contributed by atoms with van der Waals surface area (Å²) in [5.74, 6) is 1.52. The predicted octanol–water partition coefficient (Wildman–Crippen LogP) is 1.43. The molecule has 0 aromatic rings. The number of likely N-dealkylation sites (tertiary alicyclic amines) is 1. The quantitative estimate of drug-likeness (QED) is 0.265. The molecule has 7 heteroatoms. The number of hydrogen-bond acceptors (Lipinski definition) is 4. The molecule has 24 heavy (non-hydrogen) atoms. The van der Waals surface area contributed by atoms with E-state index in [-0.39, 0.29) is 24.0 Å². The summed E-state index contributed by atoms with van der Waals surface area (Å²) in [6, 6.07) is 0. The number of aliphatic hydroxyl groups is 1. The first-order valence-corrected chi connectivity index (χ1v) is 9.28. The molecule has 0 amide bonds. The first-order chi connectivity index (χ1) is 11.3. The third-order valence-electron chi connectivity index (χ3n) is 4.33. The first kappa shape index (κ1) is 21.9. The van der Waals surface area contributed by atoms with Gasteiger partial charge < -0.3 is 25.4 Å². The van der Waals surface area contributed by atoms with E-state index in [0.717, 1.165) is 38.1 Å². The average Bonchev–Trinajstić information content (AvgIpc) is 3.38. The fourth-order valence-corrected chi connectivity index (χ4v) is 2.76. The number of ether oxygens (including phenoxy) is 1. The van der Waals surface area contributed by atoms with E-state index in [0.29, 0.717) is 13.2 Å². The van der Waals surface area contributed by atoms with E-state index < -0.39 is 6.10 Å². The van der Waals surface area contributed by atoms with Crippen LogP contribution >= 0.6 is 24.0 Å². The maximum Gasteiger partial charge on any atom is 0.191 e. The minimum Gasteiger partial charge on any atom is -0.389 e. The van der Waals surface area contributed by atoms with Crippen LogP contribution in [0.15, 0.2) is 4.99 Å². The van der Waals surface area contributed by atoms with Crippen molar-refractivity contribution in [3.8, 4) is 0 Å². The number of aliphatic imine (C=N–C) groups is 1. The molecule has 1 heterocycles. The van der Waals surface area contributed by atoms with Gasteiger partial charge in [-0.2, -0.15) is 0 Å². The molecule has 1 atom stereocenters. The minimum absolute atomic E-state index is 0. The molecule has 0 aromatic heterocycles. The lowest BCUT2D eigenvalue weighted by Gasteiger charge is -2.26. The Hall–Kier alpha value is -0.120. The van der Waals surface area contributed by atoms with Crippen molar-refractivity contribution in [1.82, 2.24) is 15.5 Å². The van der Waals surface area contributed by atoms with Crippen LogP contribution in [0.3, 0.4) is 0 Å². The van der Waals surface area contributed by atoms with Crippen molar-refractivity contribution in [1.29, 1.82) is 0 Å². The Morgan fingerprint density at radius 1 is 1.25 bits per heavy atom. The normalized spacial score (nSPS) is 20.3. The smallest absolute Gasteiger partial charge is 0.191 e. The summed E-state index contributed by atoms with van der Waals surface area (Å²) >= 11 is 0. The molecule has 1 saturated heterocycles. The van der Waals surface area contributed by atoms with Crippen molar-refractivity contribution in [3.05, 3.63) is 0 Å². The maximum absolute atomic E-state index is 9.93. The van der Waals surface area contributed by atoms with Crippen LogP contribution in [-0.2, 0) is 4.74 Å². The molecule has 0 radical (unpaired) electrons. The van der Waals surface area contributed by atoms with Gasteiger partial charge in [0.25, 0.3) is 0 Å². The number of nitrogens with one attached hydrogen (secondary N) is 2. The molecule has 0 aromatic carbocycles. The van der Waals surface area contributed by atoms with E-state index in [2.05, 4.69) is 27.4 Å². The largest absolute Gasteiger partial charge is 0.389 e. The number of rotatable bonds is 10. The molecular formula is C17H35IN4O2. The Morgan fingerprint density at radius 3 is 2.67 bits per heavy atom. The Morgan fingerprint density at radius 2 is 2.00 bits per heavy atom. The fourth-order valence-electron chi connectivity index (χ4n) is 2.76. The lowest BCUT2D eigenvalue weighted by Crippen LogP contribution is -2.43. The van der Waals surface area contributed by atoms with Crippen molar-refractivity contribution in [2.45, 2.75) is 45.1 Å². The molecule has 2 fully saturated rings. The second kappa shape index (κ2) is 13.1. The van der Waals surface area contributed by atoms with E-state index in [1.54, 1.807) is 0 Å². The summed E-state index contributed by atoms with van der Waals surface area (Å²) in [6.45, 7) is 8.79. The maximum atomic E-state index is 9.93. The Kier molecular flexibility index (Phi) is 12.0. The van der Waals surface area contributed by atoms with Crippen LogP contribution in [0.4, 0.5) is 0 Å². The van der Waals surface area contributed by atoms with Gasteiger partial charge in [0.1, 0.15) is 0 Å². The summed E-state index contributed by atoms with van der Waals surface area (Å²) in [5, 5.41) is 16.5.